The van der Waals surface area contributed by atoms with E-state index < -0.39 is 12.1 Å². The third-order valence-electron chi connectivity index (χ3n) is 5.12. The van der Waals surface area contributed by atoms with Crippen LogP contribution >= 0.6 is 0 Å². The fourth-order valence-electron chi connectivity index (χ4n) is 3.61. The van der Waals surface area contributed by atoms with Crippen molar-refractivity contribution in [2.75, 3.05) is 0 Å². The lowest BCUT2D eigenvalue weighted by Crippen LogP contribution is -2.35. The Morgan fingerprint density at radius 1 is 1.56 bits per heavy atom. The van der Waals surface area contributed by atoms with Crippen LogP contribution in [0, 0.1) is 16.7 Å². The molecular formula is C13H19O3-. The molecule has 0 unspecified atom stereocenters. The van der Waals surface area contributed by atoms with Crippen LogP contribution in [0.4, 0.5) is 0 Å². The summed E-state index contributed by atoms with van der Waals surface area (Å²) in [5.41, 5.74) is 0.877. The van der Waals surface area contributed by atoms with Crippen molar-refractivity contribution >= 4 is 5.97 Å². The number of aliphatic hydroxyl groups excluding tert-OH is 1. The Hall–Kier alpha value is -0.830. The predicted molar refractivity (Wildman–Crippen MR) is 58.3 cm³/mol. The van der Waals surface area contributed by atoms with Crippen LogP contribution in [0.3, 0.4) is 0 Å². The van der Waals surface area contributed by atoms with Gasteiger partial charge in [0.25, 0.3) is 0 Å². The van der Waals surface area contributed by atoms with Crippen LogP contribution in [0.25, 0.3) is 0 Å². The first kappa shape index (κ1) is 11.6. The van der Waals surface area contributed by atoms with E-state index in [1.165, 1.54) is 0 Å². The average molecular weight is 223 g/mol. The predicted octanol–water partition coefficient (Wildman–Crippen LogP) is 0.870. The van der Waals surface area contributed by atoms with Crippen LogP contribution in [0.1, 0.15) is 40.0 Å². The summed E-state index contributed by atoms with van der Waals surface area (Å²) in [5.74, 6) is -0.753. The highest BCUT2D eigenvalue weighted by Gasteiger charge is 2.63. The fraction of sp³-hybridized carbons (Fsp3) is 0.769. The Morgan fingerprint density at radius 3 is 2.62 bits per heavy atom. The average Bonchev–Trinajstić information content (AvgIpc) is 2.47. The van der Waals surface area contributed by atoms with E-state index in [1.54, 1.807) is 6.08 Å². The van der Waals surface area contributed by atoms with Gasteiger partial charge in [-0.2, -0.15) is 0 Å². The molecule has 0 aromatic carbocycles. The van der Waals surface area contributed by atoms with Gasteiger partial charge in [-0.05, 0) is 29.7 Å². The molecule has 1 N–H and O–H groups in total. The molecule has 0 aromatic rings. The van der Waals surface area contributed by atoms with Gasteiger partial charge in [-0.1, -0.05) is 26.8 Å². The minimum Gasteiger partial charge on any atom is -0.550 e. The molecule has 0 saturated heterocycles. The first-order chi connectivity index (χ1) is 7.30. The molecule has 0 aliphatic heterocycles. The van der Waals surface area contributed by atoms with Crippen molar-refractivity contribution in [2.24, 2.45) is 16.7 Å². The molecule has 0 amide bonds. The van der Waals surface area contributed by atoms with Crippen molar-refractivity contribution in [2.45, 2.75) is 46.1 Å². The molecule has 2 bridgehead atoms. The van der Waals surface area contributed by atoms with Crippen molar-refractivity contribution in [1.29, 1.82) is 0 Å². The molecule has 3 atom stereocenters. The number of aliphatic carboxylic acids is 1. The number of hydrogen-bond donors (Lipinski definition) is 1. The van der Waals surface area contributed by atoms with Gasteiger partial charge in [0.2, 0.25) is 0 Å². The minimum atomic E-state index is -1.08. The van der Waals surface area contributed by atoms with Gasteiger partial charge < -0.3 is 15.0 Å². The summed E-state index contributed by atoms with van der Waals surface area (Å²) in [7, 11) is 0. The van der Waals surface area contributed by atoms with Gasteiger partial charge in [-0.15, -0.1) is 0 Å². The van der Waals surface area contributed by atoms with Crippen molar-refractivity contribution in [3.8, 4) is 0 Å². The number of carboxylic acid groups (broad SMARTS) is 1. The lowest BCUT2D eigenvalue weighted by atomic mass is 9.70. The molecular weight excluding hydrogens is 204 g/mol. The zero-order chi connectivity index (χ0) is 12.1. The minimum absolute atomic E-state index is 0.0597. The van der Waals surface area contributed by atoms with E-state index in [9.17, 15) is 15.0 Å². The quantitative estimate of drug-likeness (QED) is 0.707. The van der Waals surface area contributed by atoms with E-state index in [2.05, 4.69) is 20.8 Å². The largest absolute Gasteiger partial charge is 0.550 e. The summed E-state index contributed by atoms with van der Waals surface area (Å²) in [6, 6.07) is 0. The molecule has 2 rings (SSSR count). The lowest BCUT2D eigenvalue weighted by Gasteiger charge is -2.36. The molecule has 0 radical (unpaired) electrons. The highest BCUT2D eigenvalue weighted by molar-refractivity contribution is 5.66. The maximum Gasteiger partial charge on any atom is 0.0811 e. The van der Waals surface area contributed by atoms with E-state index >= 15 is 0 Å². The molecule has 0 spiro atoms. The van der Waals surface area contributed by atoms with Gasteiger partial charge in [-0.25, -0.2) is 0 Å². The molecule has 16 heavy (non-hydrogen) atoms. The van der Waals surface area contributed by atoms with Crippen LogP contribution in [0.2, 0.25) is 0 Å². The van der Waals surface area contributed by atoms with Crippen molar-refractivity contribution in [3.05, 3.63) is 11.6 Å². The smallest absolute Gasteiger partial charge is 0.0811 e. The van der Waals surface area contributed by atoms with Crippen LogP contribution < -0.4 is 5.11 Å². The van der Waals surface area contributed by atoms with Crippen molar-refractivity contribution in [1.82, 2.24) is 0 Å². The monoisotopic (exact) mass is 223 g/mol. The second-order valence-corrected chi connectivity index (χ2v) is 5.91. The molecule has 2 aliphatic carbocycles. The van der Waals surface area contributed by atoms with Crippen LogP contribution in [-0.2, 0) is 4.79 Å². The van der Waals surface area contributed by atoms with Crippen LogP contribution in [-0.4, -0.2) is 17.2 Å². The summed E-state index contributed by atoms with van der Waals surface area (Å²) in [4.78, 5) is 10.5. The summed E-state index contributed by atoms with van der Waals surface area (Å²) < 4.78 is 0. The van der Waals surface area contributed by atoms with E-state index in [0.717, 1.165) is 18.4 Å². The van der Waals surface area contributed by atoms with Gasteiger partial charge in [0.1, 0.15) is 0 Å². The summed E-state index contributed by atoms with van der Waals surface area (Å²) in [6.45, 7) is 6.46. The van der Waals surface area contributed by atoms with E-state index in [1.807, 2.05) is 0 Å². The lowest BCUT2D eigenvalue weighted by molar-refractivity contribution is -0.304. The van der Waals surface area contributed by atoms with Gasteiger partial charge in [0.05, 0.1) is 6.10 Å². The topological polar surface area (TPSA) is 60.4 Å². The normalized spacial score (nSPS) is 42.9. The summed E-state index contributed by atoms with van der Waals surface area (Å²) >= 11 is 0. The van der Waals surface area contributed by atoms with Gasteiger partial charge >= 0.3 is 0 Å². The molecule has 90 valence electrons. The maximum absolute atomic E-state index is 10.5. The second-order valence-electron chi connectivity index (χ2n) is 5.91. The van der Waals surface area contributed by atoms with E-state index in [4.69, 9.17) is 0 Å². The number of rotatable bonds is 2. The Labute approximate surface area is 96.2 Å². The molecule has 0 heterocycles. The van der Waals surface area contributed by atoms with E-state index in [-0.39, 0.29) is 17.3 Å². The van der Waals surface area contributed by atoms with Crippen LogP contribution in [0.15, 0.2) is 11.6 Å². The zero-order valence-electron chi connectivity index (χ0n) is 10.1. The Kier molecular flexibility index (Phi) is 2.42. The summed E-state index contributed by atoms with van der Waals surface area (Å²) in [6.07, 6.45) is 3.17. The van der Waals surface area contributed by atoms with Crippen molar-refractivity contribution < 1.29 is 15.0 Å². The van der Waals surface area contributed by atoms with Gasteiger partial charge in [-0.3, -0.25) is 0 Å². The standard InChI is InChI=1S/C13H20O3/c1-12(2)9-6-7-13(12,3)11(16)8(9)4-5-10(14)15/h4,9,11,16H,5-7H2,1-3H3,(H,14,15)/p-1/t9-,11+,13+/m0/s1. The zero-order valence-corrected chi connectivity index (χ0v) is 10.1. The maximum atomic E-state index is 10.5. The van der Waals surface area contributed by atoms with Crippen LogP contribution in [0.5, 0.6) is 0 Å². The molecule has 2 saturated carbocycles. The van der Waals surface area contributed by atoms with E-state index in [0.29, 0.717) is 5.92 Å². The molecule has 0 aromatic heterocycles. The highest BCUT2D eigenvalue weighted by atomic mass is 16.4. The SMILES string of the molecule is CC1(C)[C@H]2CC[C@]1(C)[C@H](O)C2=CCC(=O)[O-]. The molecule has 2 aliphatic rings. The third-order valence-corrected chi connectivity index (χ3v) is 5.12. The number of aliphatic hydroxyl groups is 1. The number of fused-ring (bicyclic) bond motifs is 2. The first-order valence-corrected chi connectivity index (χ1v) is 5.88. The fourth-order valence-corrected chi connectivity index (χ4v) is 3.61. The number of carboxylic acids is 1. The number of carbonyl (C=O) groups is 1. The number of hydrogen-bond acceptors (Lipinski definition) is 3. The van der Waals surface area contributed by atoms with Gasteiger partial charge in [0.15, 0.2) is 0 Å². The third kappa shape index (κ3) is 1.27. The second kappa shape index (κ2) is 3.33. The molecule has 2 fully saturated rings. The summed E-state index contributed by atoms with van der Waals surface area (Å²) in [5, 5.41) is 20.8. The molecule has 3 heteroatoms. The Morgan fingerprint density at radius 2 is 2.19 bits per heavy atom. The van der Waals surface area contributed by atoms with Gasteiger partial charge in [0, 0.05) is 17.8 Å². The highest BCUT2D eigenvalue weighted by Crippen LogP contribution is 2.67. The molecule has 3 nitrogen and oxygen atoms in total. The Balaban J connectivity index is 2.33. The Bertz CT molecular complexity index is 356. The first-order valence-electron chi connectivity index (χ1n) is 5.88. The van der Waals surface area contributed by atoms with Crippen molar-refractivity contribution in [3.63, 3.8) is 0 Å². The number of carbonyl (C=O) groups excluding carboxylic acids is 1.